The number of nitrogens with one attached hydrogen (secondary N) is 1. The lowest BCUT2D eigenvalue weighted by atomic mass is 10.2. The molecule has 106 valence electrons. The zero-order valence-electron chi connectivity index (χ0n) is 11.0. The average molecular weight is 364 g/mol. The van der Waals surface area contributed by atoms with Gasteiger partial charge in [-0.1, -0.05) is 29.8 Å². The molecule has 0 fully saturated rings. The SMILES string of the molecule is Clc1cc(Br)cnc1NCc1ccccc1-n1cccn1. The van der Waals surface area contributed by atoms with Gasteiger partial charge in [-0.2, -0.15) is 5.10 Å². The highest BCUT2D eigenvalue weighted by Crippen LogP contribution is 2.24. The van der Waals surface area contributed by atoms with Crippen LogP contribution in [0.1, 0.15) is 5.56 Å². The molecule has 0 unspecified atom stereocenters. The van der Waals surface area contributed by atoms with Gasteiger partial charge in [0.2, 0.25) is 0 Å². The van der Waals surface area contributed by atoms with Gasteiger partial charge in [0.1, 0.15) is 5.82 Å². The summed E-state index contributed by atoms with van der Waals surface area (Å²) in [7, 11) is 0. The minimum atomic E-state index is 0.584. The Morgan fingerprint density at radius 1 is 1.24 bits per heavy atom. The molecule has 0 aliphatic heterocycles. The summed E-state index contributed by atoms with van der Waals surface area (Å²) in [5.74, 6) is 0.662. The van der Waals surface area contributed by atoms with Crippen LogP contribution in [-0.2, 0) is 6.54 Å². The second-order valence-corrected chi connectivity index (χ2v) is 5.74. The van der Waals surface area contributed by atoms with E-state index in [9.17, 15) is 0 Å². The van der Waals surface area contributed by atoms with Gasteiger partial charge in [0.15, 0.2) is 0 Å². The minimum absolute atomic E-state index is 0.584. The molecule has 0 radical (unpaired) electrons. The van der Waals surface area contributed by atoms with Crippen LogP contribution in [0.5, 0.6) is 0 Å². The molecule has 0 aliphatic rings. The number of aromatic nitrogens is 3. The van der Waals surface area contributed by atoms with Crippen molar-refractivity contribution in [2.45, 2.75) is 6.54 Å². The molecule has 6 heteroatoms. The second-order valence-electron chi connectivity index (χ2n) is 4.42. The van der Waals surface area contributed by atoms with E-state index in [4.69, 9.17) is 11.6 Å². The molecule has 21 heavy (non-hydrogen) atoms. The molecule has 0 bridgehead atoms. The predicted molar refractivity (Wildman–Crippen MR) is 87.8 cm³/mol. The van der Waals surface area contributed by atoms with Gasteiger partial charge in [0.05, 0.1) is 10.7 Å². The normalized spacial score (nSPS) is 10.6. The van der Waals surface area contributed by atoms with E-state index in [0.717, 1.165) is 15.7 Å². The quantitative estimate of drug-likeness (QED) is 0.751. The Kier molecular flexibility index (Phi) is 4.22. The Hall–Kier alpha value is -1.85. The van der Waals surface area contributed by atoms with Crippen LogP contribution in [0.25, 0.3) is 5.69 Å². The number of pyridine rings is 1. The van der Waals surface area contributed by atoms with Gasteiger partial charge in [0.25, 0.3) is 0 Å². The standard InChI is InChI=1S/C15H12BrClN4/c16-12-8-13(17)15(19-10-12)18-9-11-4-1-2-5-14(11)21-7-3-6-20-21/h1-8,10H,9H2,(H,18,19). The maximum atomic E-state index is 6.16. The first-order valence-corrected chi connectivity index (χ1v) is 7.54. The van der Waals surface area contributed by atoms with E-state index < -0.39 is 0 Å². The molecule has 0 aliphatic carbocycles. The maximum Gasteiger partial charge on any atom is 0.145 e. The van der Waals surface area contributed by atoms with E-state index in [1.165, 1.54) is 0 Å². The molecule has 3 rings (SSSR count). The first kappa shape index (κ1) is 14.1. The summed E-state index contributed by atoms with van der Waals surface area (Å²) in [5, 5.41) is 8.11. The predicted octanol–water partition coefficient (Wildman–Crippen LogP) is 4.30. The third-order valence-electron chi connectivity index (χ3n) is 3.00. The average Bonchev–Trinajstić information content (AvgIpc) is 3.01. The number of halogens is 2. The Morgan fingerprint density at radius 2 is 2.10 bits per heavy atom. The lowest BCUT2D eigenvalue weighted by molar-refractivity contribution is 0.863. The molecule has 2 heterocycles. The lowest BCUT2D eigenvalue weighted by Gasteiger charge is -2.12. The summed E-state index contributed by atoms with van der Waals surface area (Å²) in [6.45, 7) is 0.615. The number of benzene rings is 1. The van der Waals surface area contributed by atoms with Crippen molar-refractivity contribution in [2.75, 3.05) is 5.32 Å². The van der Waals surface area contributed by atoms with E-state index >= 15 is 0 Å². The van der Waals surface area contributed by atoms with E-state index in [2.05, 4.69) is 37.4 Å². The zero-order valence-corrected chi connectivity index (χ0v) is 13.3. The Morgan fingerprint density at radius 3 is 2.86 bits per heavy atom. The fraction of sp³-hybridized carbons (Fsp3) is 0.0667. The zero-order chi connectivity index (χ0) is 14.7. The summed E-state index contributed by atoms with van der Waals surface area (Å²) < 4.78 is 2.70. The molecular weight excluding hydrogens is 352 g/mol. The molecule has 0 saturated heterocycles. The lowest BCUT2D eigenvalue weighted by Crippen LogP contribution is -2.06. The van der Waals surface area contributed by atoms with Gasteiger partial charge in [-0.25, -0.2) is 9.67 Å². The van der Waals surface area contributed by atoms with Crippen LogP contribution in [0, 0.1) is 0 Å². The molecule has 0 atom stereocenters. The Bertz CT molecular complexity index is 743. The number of para-hydroxylation sites is 1. The van der Waals surface area contributed by atoms with Gasteiger partial charge in [-0.3, -0.25) is 0 Å². The van der Waals surface area contributed by atoms with Crippen LogP contribution >= 0.6 is 27.5 Å². The van der Waals surface area contributed by atoms with Gasteiger partial charge < -0.3 is 5.32 Å². The molecule has 1 N–H and O–H groups in total. The van der Waals surface area contributed by atoms with Crippen LogP contribution in [0.3, 0.4) is 0 Å². The summed E-state index contributed by atoms with van der Waals surface area (Å²) in [6, 6.07) is 11.8. The van der Waals surface area contributed by atoms with E-state index in [1.807, 2.05) is 41.2 Å². The highest BCUT2D eigenvalue weighted by atomic mass is 79.9. The van der Waals surface area contributed by atoms with Crippen LogP contribution in [0.2, 0.25) is 5.02 Å². The Balaban J connectivity index is 1.83. The molecule has 4 nitrogen and oxygen atoms in total. The first-order chi connectivity index (χ1) is 10.2. The summed E-state index contributed by atoms with van der Waals surface area (Å²) in [4.78, 5) is 4.27. The maximum absolute atomic E-state index is 6.16. The number of hydrogen-bond acceptors (Lipinski definition) is 3. The topological polar surface area (TPSA) is 42.7 Å². The fourth-order valence-electron chi connectivity index (χ4n) is 2.02. The largest absolute Gasteiger partial charge is 0.365 e. The second kappa shape index (κ2) is 6.28. The number of rotatable bonds is 4. The van der Waals surface area contributed by atoms with Crippen molar-refractivity contribution in [1.29, 1.82) is 0 Å². The van der Waals surface area contributed by atoms with E-state index in [1.54, 1.807) is 12.4 Å². The minimum Gasteiger partial charge on any atom is -0.365 e. The van der Waals surface area contributed by atoms with Gasteiger partial charge >= 0.3 is 0 Å². The molecule has 0 amide bonds. The number of anilines is 1. The molecule has 0 saturated carbocycles. The fourth-order valence-corrected chi connectivity index (χ4v) is 2.71. The van der Waals surface area contributed by atoms with Crippen molar-refractivity contribution in [3.63, 3.8) is 0 Å². The number of hydrogen-bond donors (Lipinski definition) is 1. The van der Waals surface area contributed by atoms with Crippen molar-refractivity contribution in [1.82, 2.24) is 14.8 Å². The third kappa shape index (κ3) is 3.25. The van der Waals surface area contributed by atoms with Gasteiger partial charge in [0, 0.05) is 29.6 Å². The van der Waals surface area contributed by atoms with Crippen LogP contribution in [-0.4, -0.2) is 14.8 Å². The first-order valence-electron chi connectivity index (χ1n) is 6.37. The van der Waals surface area contributed by atoms with Crippen molar-refractivity contribution < 1.29 is 0 Å². The highest BCUT2D eigenvalue weighted by molar-refractivity contribution is 9.10. The van der Waals surface area contributed by atoms with Crippen molar-refractivity contribution in [2.24, 2.45) is 0 Å². The summed E-state index contributed by atoms with van der Waals surface area (Å²) in [6.07, 6.45) is 5.40. The molecule has 0 spiro atoms. The summed E-state index contributed by atoms with van der Waals surface area (Å²) >= 11 is 9.51. The van der Waals surface area contributed by atoms with Crippen LogP contribution in [0.4, 0.5) is 5.82 Å². The van der Waals surface area contributed by atoms with Crippen LogP contribution in [0.15, 0.2) is 59.5 Å². The van der Waals surface area contributed by atoms with E-state index in [0.29, 0.717) is 17.4 Å². The van der Waals surface area contributed by atoms with Crippen LogP contribution < -0.4 is 5.32 Å². The smallest absolute Gasteiger partial charge is 0.145 e. The van der Waals surface area contributed by atoms with E-state index in [-0.39, 0.29) is 0 Å². The highest BCUT2D eigenvalue weighted by Gasteiger charge is 2.06. The third-order valence-corrected chi connectivity index (χ3v) is 3.72. The molecule has 1 aromatic carbocycles. The monoisotopic (exact) mass is 362 g/mol. The van der Waals surface area contributed by atoms with Crippen molar-refractivity contribution in [3.8, 4) is 5.69 Å². The summed E-state index contributed by atoms with van der Waals surface area (Å²) in [5.41, 5.74) is 2.14. The molecule has 2 aromatic heterocycles. The molecule has 3 aromatic rings. The van der Waals surface area contributed by atoms with Crippen molar-refractivity contribution in [3.05, 3.63) is 70.0 Å². The number of nitrogens with zero attached hydrogens (tertiary/aromatic N) is 3. The van der Waals surface area contributed by atoms with Gasteiger partial charge in [-0.15, -0.1) is 0 Å². The molecular formula is C15H12BrClN4. The van der Waals surface area contributed by atoms with Crippen molar-refractivity contribution >= 4 is 33.3 Å². The van der Waals surface area contributed by atoms with Gasteiger partial charge in [-0.05, 0) is 39.7 Å². The Labute approximate surface area is 135 Å².